The van der Waals surface area contributed by atoms with E-state index in [-0.39, 0.29) is 28.7 Å². The summed E-state index contributed by atoms with van der Waals surface area (Å²) in [6.45, 7) is 9.73. The third kappa shape index (κ3) is 10.6. The number of hydrogen-bond donors (Lipinski definition) is 2. The third-order valence-electron chi connectivity index (χ3n) is 8.39. The van der Waals surface area contributed by atoms with Crippen LogP contribution in [0.5, 0.6) is 0 Å². The molecule has 1 aliphatic rings. The zero-order chi connectivity index (χ0) is 35.6. The van der Waals surface area contributed by atoms with Crippen LogP contribution < -0.4 is 5.32 Å². The number of rotatable bonds is 14. The first-order valence-electron chi connectivity index (χ1n) is 16.9. The largest absolute Gasteiger partial charge is 0.478 e. The molecule has 266 valence electrons. The number of thiazole rings is 1. The van der Waals surface area contributed by atoms with Crippen molar-refractivity contribution >= 4 is 45.9 Å². The molecule has 1 atom stereocenters. The molecule has 1 fully saturated rings. The number of amides is 1. The molecule has 2 aromatic heterocycles. The van der Waals surface area contributed by atoms with Crippen LogP contribution in [0.3, 0.4) is 0 Å². The van der Waals surface area contributed by atoms with E-state index in [9.17, 15) is 22.8 Å². The minimum atomic E-state index is -4.57. The summed E-state index contributed by atoms with van der Waals surface area (Å²) in [6, 6.07) is 11.5. The monoisotopic (exact) mass is 717 g/mol. The highest BCUT2D eigenvalue weighted by atomic mass is 32.2. The molecule has 0 aliphatic carbocycles. The number of carboxylic acids is 1. The van der Waals surface area contributed by atoms with Crippen LogP contribution in [0.4, 0.5) is 13.2 Å². The quantitative estimate of drug-likeness (QED) is 0.125. The number of nitrogens with zero attached hydrogens (tertiary/aromatic N) is 2. The highest BCUT2D eigenvalue weighted by molar-refractivity contribution is 7.99. The standard InChI is InChI=1S/C26H39N3OS2.C11H7F3O3/c1-4-5-6-7-8-9-10-11-15-27-17-23-18-31-19-29(23)26(30)24-25(32-21(3)28-24)22-14-12-13-20(2)16-22;1-5-4-7-6(10(15)16)2-3-8(9(7)17-5)11(12,13)14/h12-14,16,23,27H,4-11,15,17-19H2,1-3H3;2-4H,1H3,(H,15,16)/t23-;/m1./s1. The lowest BCUT2D eigenvalue weighted by Gasteiger charge is -2.24. The molecule has 1 saturated heterocycles. The lowest BCUT2D eigenvalue weighted by Crippen LogP contribution is -2.43. The van der Waals surface area contributed by atoms with Crippen molar-refractivity contribution in [2.75, 3.05) is 24.7 Å². The van der Waals surface area contributed by atoms with Crippen molar-refractivity contribution in [2.45, 2.75) is 91.3 Å². The Morgan fingerprint density at radius 3 is 2.41 bits per heavy atom. The van der Waals surface area contributed by atoms with E-state index in [1.165, 1.54) is 69.9 Å². The Hall–Kier alpha value is -3.35. The molecular weight excluding hydrogens is 672 g/mol. The maximum Gasteiger partial charge on any atom is 0.420 e. The second-order valence-corrected chi connectivity index (χ2v) is 14.7. The minimum absolute atomic E-state index is 0.0372. The van der Waals surface area contributed by atoms with Crippen LogP contribution in [0.2, 0.25) is 0 Å². The van der Waals surface area contributed by atoms with Gasteiger partial charge in [-0.1, -0.05) is 81.7 Å². The molecule has 0 bridgehead atoms. The summed E-state index contributed by atoms with van der Waals surface area (Å²) in [4.78, 5) is 32.0. The summed E-state index contributed by atoms with van der Waals surface area (Å²) in [6.07, 6.45) is 6.16. The number of aryl methyl sites for hydroxylation is 3. The number of aromatic nitrogens is 1. The molecule has 49 heavy (non-hydrogen) atoms. The number of hydrogen-bond acceptors (Lipinski definition) is 7. The molecule has 0 unspecified atom stereocenters. The van der Waals surface area contributed by atoms with Crippen molar-refractivity contribution in [3.63, 3.8) is 0 Å². The van der Waals surface area contributed by atoms with E-state index in [0.717, 1.165) is 46.2 Å². The number of aromatic carboxylic acids is 1. The lowest BCUT2D eigenvalue weighted by atomic mass is 10.1. The molecular formula is C37H46F3N3O4S2. The summed E-state index contributed by atoms with van der Waals surface area (Å²) in [5, 5.41) is 13.4. The van der Waals surface area contributed by atoms with Gasteiger partial charge in [0.15, 0.2) is 0 Å². The molecule has 7 nitrogen and oxygen atoms in total. The molecule has 0 spiro atoms. The number of nitrogens with one attached hydrogen (secondary N) is 1. The van der Waals surface area contributed by atoms with Crippen LogP contribution in [0.1, 0.15) is 101 Å². The summed E-state index contributed by atoms with van der Waals surface area (Å²) in [7, 11) is 0. The summed E-state index contributed by atoms with van der Waals surface area (Å²) in [5.74, 6) is 0.782. The Morgan fingerprint density at radius 1 is 1.02 bits per heavy atom. The number of furan rings is 1. The van der Waals surface area contributed by atoms with Gasteiger partial charge in [-0.15, -0.1) is 23.1 Å². The number of carboxylic acid groups (broad SMARTS) is 1. The second-order valence-electron chi connectivity index (χ2n) is 12.5. The fourth-order valence-corrected chi connectivity index (χ4v) is 7.98. The van der Waals surface area contributed by atoms with Gasteiger partial charge in [-0.3, -0.25) is 4.79 Å². The van der Waals surface area contributed by atoms with Gasteiger partial charge < -0.3 is 19.7 Å². The number of carbonyl (C=O) groups is 2. The Bertz CT molecular complexity index is 1700. The van der Waals surface area contributed by atoms with Gasteiger partial charge in [0.1, 0.15) is 17.0 Å². The molecule has 5 rings (SSSR count). The first kappa shape index (κ1) is 38.5. The smallest absolute Gasteiger partial charge is 0.420 e. The van der Waals surface area contributed by atoms with Crippen LogP contribution in [-0.2, 0) is 6.18 Å². The average molecular weight is 718 g/mol. The molecule has 2 aromatic carbocycles. The lowest BCUT2D eigenvalue weighted by molar-refractivity contribution is -0.136. The number of thioether (sulfide) groups is 1. The van der Waals surface area contributed by atoms with Gasteiger partial charge in [0.25, 0.3) is 5.91 Å². The Balaban J connectivity index is 0.000000266. The van der Waals surface area contributed by atoms with E-state index in [4.69, 9.17) is 9.52 Å². The van der Waals surface area contributed by atoms with E-state index in [1.807, 2.05) is 23.6 Å². The Labute approximate surface area is 294 Å². The fourth-order valence-electron chi connectivity index (χ4n) is 5.87. The van der Waals surface area contributed by atoms with Crippen LogP contribution in [-0.4, -0.2) is 57.6 Å². The van der Waals surface area contributed by atoms with Crippen molar-refractivity contribution in [1.29, 1.82) is 0 Å². The van der Waals surface area contributed by atoms with E-state index in [1.54, 1.807) is 11.3 Å². The molecule has 1 amide bonds. The van der Waals surface area contributed by atoms with Crippen molar-refractivity contribution < 1.29 is 32.3 Å². The number of fused-ring (bicyclic) bond motifs is 1. The maximum atomic E-state index is 13.5. The number of alkyl halides is 3. The van der Waals surface area contributed by atoms with E-state index < -0.39 is 23.3 Å². The third-order valence-corrected chi connectivity index (χ3v) is 10.5. The molecule has 1 aliphatic heterocycles. The maximum absolute atomic E-state index is 13.5. The van der Waals surface area contributed by atoms with Gasteiger partial charge in [-0.05, 0) is 57.5 Å². The second kappa shape index (κ2) is 18.1. The number of halogens is 3. The van der Waals surface area contributed by atoms with Gasteiger partial charge in [0, 0.05) is 17.7 Å². The number of carbonyl (C=O) groups excluding carboxylic acids is 1. The minimum Gasteiger partial charge on any atom is -0.478 e. The van der Waals surface area contributed by atoms with Crippen LogP contribution >= 0.6 is 23.1 Å². The first-order chi connectivity index (χ1) is 23.4. The topological polar surface area (TPSA) is 95.7 Å². The normalized spacial score (nSPS) is 14.7. The van der Waals surface area contributed by atoms with Crippen molar-refractivity contribution in [3.8, 4) is 10.4 Å². The van der Waals surface area contributed by atoms with Crippen LogP contribution in [0, 0.1) is 20.8 Å². The molecule has 0 radical (unpaired) electrons. The number of unbranched alkanes of at least 4 members (excludes halogenated alkanes) is 7. The van der Waals surface area contributed by atoms with Gasteiger partial charge >= 0.3 is 12.1 Å². The SMILES string of the molecule is CCCCCCCCCCNC[C@@H]1CSCN1C(=O)c1nc(C)sc1-c1cccc(C)c1.Cc1cc2c(C(=O)O)ccc(C(F)(F)F)c2o1. The van der Waals surface area contributed by atoms with E-state index in [2.05, 4.69) is 48.4 Å². The molecule has 0 saturated carbocycles. The summed E-state index contributed by atoms with van der Waals surface area (Å²) in [5.41, 5.74) is 1.31. The van der Waals surface area contributed by atoms with Gasteiger partial charge in [-0.2, -0.15) is 13.2 Å². The van der Waals surface area contributed by atoms with Crippen LogP contribution in [0.25, 0.3) is 21.4 Å². The van der Waals surface area contributed by atoms with Crippen molar-refractivity contribution in [3.05, 3.63) is 75.6 Å². The summed E-state index contributed by atoms with van der Waals surface area (Å²) < 4.78 is 42.9. The van der Waals surface area contributed by atoms with E-state index in [0.29, 0.717) is 11.8 Å². The first-order valence-corrected chi connectivity index (χ1v) is 18.8. The molecule has 2 N–H and O–H groups in total. The average Bonchev–Trinajstić information content (AvgIpc) is 3.78. The van der Waals surface area contributed by atoms with Crippen LogP contribution in [0.15, 0.2) is 46.9 Å². The zero-order valence-corrected chi connectivity index (χ0v) is 30.3. The Morgan fingerprint density at radius 2 is 1.73 bits per heavy atom. The highest BCUT2D eigenvalue weighted by Gasteiger charge is 2.35. The van der Waals surface area contributed by atoms with Gasteiger partial charge in [0.2, 0.25) is 0 Å². The van der Waals surface area contributed by atoms with Crippen molar-refractivity contribution in [2.24, 2.45) is 0 Å². The zero-order valence-electron chi connectivity index (χ0n) is 28.6. The molecule has 12 heteroatoms. The predicted molar refractivity (Wildman–Crippen MR) is 193 cm³/mol. The number of benzene rings is 2. The molecule has 3 heterocycles. The fraction of sp³-hybridized carbons (Fsp3) is 0.486. The summed E-state index contributed by atoms with van der Waals surface area (Å²) >= 11 is 3.46. The highest BCUT2D eigenvalue weighted by Crippen LogP contribution is 2.37. The molecule has 4 aromatic rings. The predicted octanol–water partition coefficient (Wildman–Crippen LogP) is 10.1. The van der Waals surface area contributed by atoms with Gasteiger partial charge in [-0.25, -0.2) is 9.78 Å². The van der Waals surface area contributed by atoms with E-state index >= 15 is 0 Å². The van der Waals surface area contributed by atoms with Gasteiger partial charge in [0.05, 0.1) is 32.9 Å². The Kier molecular flexibility index (Phi) is 14.2. The van der Waals surface area contributed by atoms with Crippen molar-refractivity contribution in [1.82, 2.24) is 15.2 Å².